The molecule has 2 amide bonds. The second-order valence-electron chi connectivity index (χ2n) is 8.30. The van der Waals surface area contributed by atoms with Crippen LogP contribution < -0.4 is 10.6 Å². The van der Waals surface area contributed by atoms with E-state index in [2.05, 4.69) is 20.7 Å². The lowest BCUT2D eigenvalue weighted by atomic mass is 9.93. The minimum absolute atomic E-state index is 0.0222. The number of amides is 2. The second-order valence-corrected chi connectivity index (χ2v) is 9.48. The molecular weight excluding hydrogens is 554 g/mol. The lowest BCUT2D eigenvalue weighted by Gasteiger charge is -2.18. The number of hydrogen-bond donors (Lipinski definition) is 2. The number of alkyl halides is 2. The lowest BCUT2D eigenvalue weighted by molar-refractivity contribution is 0.0960. The number of aromatic nitrogens is 3. The molecule has 5 rings (SSSR count). The van der Waals surface area contributed by atoms with Gasteiger partial charge >= 0.3 is 0 Å². The zero-order valence-corrected chi connectivity index (χ0v) is 21.0. The standard InChI is InChI=1S/C24H15Cl3F3N5O2/c1-35-15(8-18(29)30)12-7-14(31-23(36)9-4-16(26)32-17(27)5-9)19-20(22(12)34-35)24(37)33-21(19)11-6-10(28)2-3-13(11)25/h2-7,18,21H,8H2,1H3,(H,31,36)(H,33,37). The van der Waals surface area contributed by atoms with E-state index in [-0.39, 0.29) is 59.9 Å². The first-order chi connectivity index (χ1) is 17.5. The summed E-state index contributed by atoms with van der Waals surface area (Å²) in [4.78, 5) is 30.2. The van der Waals surface area contributed by atoms with Crippen LogP contribution in [0.5, 0.6) is 0 Å². The van der Waals surface area contributed by atoms with Gasteiger partial charge in [0.25, 0.3) is 11.8 Å². The lowest BCUT2D eigenvalue weighted by Crippen LogP contribution is -2.21. The van der Waals surface area contributed by atoms with E-state index in [0.717, 1.165) is 0 Å². The van der Waals surface area contributed by atoms with Gasteiger partial charge in [0, 0.05) is 39.8 Å². The third-order valence-electron chi connectivity index (χ3n) is 5.97. The summed E-state index contributed by atoms with van der Waals surface area (Å²) in [5.74, 6) is -1.83. The highest BCUT2D eigenvalue weighted by Crippen LogP contribution is 2.43. The van der Waals surface area contributed by atoms with Gasteiger partial charge < -0.3 is 10.6 Å². The maximum absolute atomic E-state index is 14.2. The molecule has 2 aromatic carbocycles. The van der Waals surface area contributed by atoms with Crippen LogP contribution in [0.3, 0.4) is 0 Å². The Labute approximate surface area is 222 Å². The highest BCUT2D eigenvalue weighted by molar-refractivity contribution is 6.33. The zero-order valence-electron chi connectivity index (χ0n) is 18.8. The number of carbonyl (C=O) groups excluding carboxylic acids is 2. The van der Waals surface area contributed by atoms with Crippen molar-refractivity contribution in [3.8, 4) is 0 Å². The summed E-state index contributed by atoms with van der Waals surface area (Å²) in [6, 6.07) is 6.76. The molecular formula is C24H15Cl3F3N5O2. The number of carbonyl (C=O) groups is 2. The summed E-state index contributed by atoms with van der Waals surface area (Å²) >= 11 is 18.2. The van der Waals surface area contributed by atoms with Gasteiger partial charge in [-0.2, -0.15) is 5.10 Å². The van der Waals surface area contributed by atoms with E-state index in [0.29, 0.717) is 0 Å². The number of fused-ring (bicyclic) bond motifs is 3. The molecule has 2 N–H and O–H groups in total. The number of rotatable bonds is 5. The van der Waals surface area contributed by atoms with Crippen LogP contribution in [0.2, 0.25) is 15.3 Å². The first kappa shape index (κ1) is 25.3. The number of hydrogen-bond acceptors (Lipinski definition) is 4. The van der Waals surface area contributed by atoms with Gasteiger partial charge in [0.05, 0.1) is 23.7 Å². The minimum Gasteiger partial charge on any atom is -0.341 e. The van der Waals surface area contributed by atoms with Crippen LogP contribution in [0.15, 0.2) is 36.4 Å². The van der Waals surface area contributed by atoms with Crippen LogP contribution in [0.25, 0.3) is 10.9 Å². The van der Waals surface area contributed by atoms with Crippen LogP contribution in [-0.4, -0.2) is 33.0 Å². The molecule has 13 heteroatoms. The molecule has 4 aromatic rings. The van der Waals surface area contributed by atoms with E-state index < -0.39 is 36.5 Å². The Hall–Kier alpha value is -3.34. The van der Waals surface area contributed by atoms with Crippen molar-refractivity contribution in [2.75, 3.05) is 5.32 Å². The molecule has 0 fully saturated rings. The fourth-order valence-electron chi connectivity index (χ4n) is 4.45. The van der Waals surface area contributed by atoms with Gasteiger partial charge in [-0.1, -0.05) is 34.8 Å². The maximum Gasteiger partial charge on any atom is 0.255 e. The number of pyridine rings is 1. The van der Waals surface area contributed by atoms with Crippen LogP contribution in [-0.2, 0) is 13.5 Å². The van der Waals surface area contributed by atoms with Crippen molar-refractivity contribution < 1.29 is 22.8 Å². The van der Waals surface area contributed by atoms with E-state index >= 15 is 0 Å². The van der Waals surface area contributed by atoms with E-state index in [4.69, 9.17) is 34.8 Å². The fourth-order valence-corrected chi connectivity index (χ4v) is 5.14. The summed E-state index contributed by atoms with van der Waals surface area (Å²) in [7, 11) is 1.48. The SMILES string of the molecule is Cn1nc2c3c(c(NC(=O)c4cc(Cl)nc(Cl)c4)cc2c1CC(F)F)C(c1cc(F)ccc1Cl)NC3=O. The smallest absolute Gasteiger partial charge is 0.255 e. The van der Waals surface area contributed by atoms with Crippen molar-refractivity contribution in [3.05, 3.63) is 85.5 Å². The van der Waals surface area contributed by atoms with Crippen molar-refractivity contribution in [2.24, 2.45) is 7.05 Å². The van der Waals surface area contributed by atoms with Crippen LogP contribution in [0.4, 0.5) is 18.9 Å². The van der Waals surface area contributed by atoms with E-state index in [1.807, 2.05) is 0 Å². The monoisotopic (exact) mass is 567 g/mol. The summed E-state index contributed by atoms with van der Waals surface area (Å²) in [5, 5.41) is 10.2. The van der Waals surface area contributed by atoms with Gasteiger partial charge in [0.1, 0.15) is 21.6 Å². The minimum atomic E-state index is -2.68. The fraction of sp³-hybridized carbons (Fsp3) is 0.167. The van der Waals surface area contributed by atoms with E-state index in [9.17, 15) is 22.8 Å². The zero-order chi connectivity index (χ0) is 26.6. The van der Waals surface area contributed by atoms with Crippen molar-refractivity contribution in [3.63, 3.8) is 0 Å². The van der Waals surface area contributed by atoms with Gasteiger partial charge in [-0.15, -0.1) is 0 Å². The van der Waals surface area contributed by atoms with Crippen molar-refractivity contribution in [1.82, 2.24) is 20.1 Å². The molecule has 0 spiro atoms. The number of nitrogens with zero attached hydrogens (tertiary/aromatic N) is 3. The molecule has 1 aliphatic rings. The Morgan fingerprint density at radius 1 is 1.16 bits per heavy atom. The van der Waals surface area contributed by atoms with Gasteiger partial charge in [-0.3, -0.25) is 14.3 Å². The average Bonchev–Trinajstić information content (AvgIpc) is 3.31. The van der Waals surface area contributed by atoms with Crippen LogP contribution >= 0.6 is 34.8 Å². The Morgan fingerprint density at radius 2 is 1.86 bits per heavy atom. The molecule has 1 atom stereocenters. The van der Waals surface area contributed by atoms with Crippen LogP contribution in [0.1, 0.15) is 43.6 Å². The maximum atomic E-state index is 14.2. The predicted molar refractivity (Wildman–Crippen MR) is 133 cm³/mol. The van der Waals surface area contributed by atoms with Gasteiger partial charge in [0.2, 0.25) is 6.43 Å². The Morgan fingerprint density at radius 3 is 2.54 bits per heavy atom. The summed E-state index contributed by atoms with van der Waals surface area (Å²) in [5.41, 5.74) is 1.06. The van der Waals surface area contributed by atoms with Crippen molar-refractivity contribution >= 4 is 63.2 Å². The van der Waals surface area contributed by atoms with Crippen LogP contribution in [0, 0.1) is 5.82 Å². The molecule has 0 radical (unpaired) electrons. The number of halogens is 6. The number of nitrogens with one attached hydrogen (secondary N) is 2. The Bertz CT molecular complexity index is 1590. The molecule has 1 aliphatic heterocycles. The summed E-state index contributed by atoms with van der Waals surface area (Å²) in [6.07, 6.45) is -3.31. The average molecular weight is 569 g/mol. The molecule has 37 heavy (non-hydrogen) atoms. The third-order valence-corrected chi connectivity index (χ3v) is 6.70. The van der Waals surface area contributed by atoms with Gasteiger partial charge in [0.15, 0.2) is 0 Å². The first-order valence-corrected chi connectivity index (χ1v) is 11.9. The van der Waals surface area contributed by atoms with E-state index in [1.54, 1.807) is 0 Å². The third kappa shape index (κ3) is 4.60. The van der Waals surface area contributed by atoms with Crippen molar-refractivity contribution in [2.45, 2.75) is 18.9 Å². The van der Waals surface area contributed by atoms with Gasteiger partial charge in [-0.25, -0.2) is 18.2 Å². The van der Waals surface area contributed by atoms with E-state index in [1.165, 1.54) is 48.1 Å². The molecule has 1 unspecified atom stereocenters. The molecule has 2 aromatic heterocycles. The molecule has 0 saturated heterocycles. The summed E-state index contributed by atoms with van der Waals surface area (Å²) < 4.78 is 42.1. The predicted octanol–water partition coefficient (Wildman–Crippen LogP) is 5.96. The first-order valence-electron chi connectivity index (χ1n) is 10.7. The number of aryl methyl sites for hydroxylation is 1. The normalized spacial score (nSPS) is 14.8. The quantitative estimate of drug-likeness (QED) is 0.291. The number of benzene rings is 2. The van der Waals surface area contributed by atoms with Gasteiger partial charge in [-0.05, 0) is 36.4 Å². The number of anilines is 1. The molecule has 190 valence electrons. The molecule has 0 bridgehead atoms. The topological polar surface area (TPSA) is 88.9 Å². The molecule has 0 saturated carbocycles. The highest BCUT2D eigenvalue weighted by Gasteiger charge is 2.38. The molecule has 7 nitrogen and oxygen atoms in total. The largest absolute Gasteiger partial charge is 0.341 e. The molecule has 0 aliphatic carbocycles. The highest BCUT2D eigenvalue weighted by atomic mass is 35.5. The Kier molecular flexibility index (Phi) is 6.51. The second kappa shape index (κ2) is 9.51. The summed E-state index contributed by atoms with van der Waals surface area (Å²) in [6.45, 7) is 0. The van der Waals surface area contributed by atoms with Crippen molar-refractivity contribution in [1.29, 1.82) is 0 Å². The molecule has 3 heterocycles. The Balaban J connectivity index is 1.75.